The van der Waals surface area contributed by atoms with Gasteiger partial charge in [0.05, 0.1) is 11.8 Å². The number of piperidine rings is 1. The minimum atomic E-state index is -0.0202. The molecule has 1 aliphatic heterocycles. The van der Waals surface area contributed by atoms with E-state index in [0.717, 1.165) is 51.9 Å². The fourth-order valence-electron chi connectivity index (χ4n) is 4.10. The normalized spacial score (nSPS) is 19.2. The molecule has 2 aliphatic rings. The molecule has 3 rings (SSSR count). The maximum atomic E-state index is 12.7. The maximum Gasteiger partial charge on any atom is 0.257 e. The molecule has 150 valence electrons. The number of likely N-dealkylation sites (tertiary alicyclic amines) is 1. The summed E-state index contributed by atoms with van der Waals surface area (Å²) in [5.74, 6) is 0.657. The lowest BCUT2D eigenvalue weighted by Crippen LogP contribution is -2.40. The van der Waals surface area contributed by atoms with Crippen LogP contribution in [0.1, 0.15) is 62.2 Å². The second kappa shape index (κ2) is 9.88. The molecule has 0 unspecified atom stereocenters. The van der Waals surface area contributed by atoms with Gasteiger partial charge >= 0.3 is 0 Å². The van der Waals surface area contributed by atoms with Crippen LogP contribution in [0.15, 0.2) is 12.4 Å². The number of amides is 2. The van der Waals surface area contributed by atoms with E-state index in [2.05, 4.69) is 22.7 Å². The number of aromatic nitrogens is 2. The van der Waals surface area contributed by atoms with Crippen molar-refractivity contribution in [1.29, 1.82) is 0 Å². The van der Waals surface area contributed by atoms with E-state index in [4.69, 9.17) is 0 Å². The lowest BCUT2D eigenvalue weighted by Gasteiger charge is -2.31. The summed E-state index contributed by atoms with van der Waals surface area (Å²) in [5.41, 5.74) is 0.575. The van der Waals surface area contributed by atoms with Crippen LogP contribution in [0.3, 0.4) is 0 Å². The monoisotopic (exact) mass is 375 g/mol. The molecule has 0 atom stereocenters. The zero-order valence-electron chi connectivity index (χ0n) is 16.5. The van der Waals surface area contributed by atoms with Gasteiger partial charge in [0.1, 0.15) is 6.54 Å². The van der Waals surface area contributed by atoms with E-state index in [1.807, 2.05) is 4.90 Å². The van der Waals surface area contributed by atoms with Crippen molar-refractivity contribution in [2.75, 3.05) is 26.2 Å². The van der Waals surface area contributed by atoms with Crippen LogP contribution in [0.4, 0.5) is 0 Å². The van der Waals surface area contributed by atoms with Crippen LogP contribution in [0.25, 0.3) is 0 Å². The zero-order valence-corrected chi connectivity index (χ0v) is 16.5. The first-order valence-electron chi connectivity index (χ1n) is 10.5. The topological polar surface area (TPSA) is 79.3 Å². The summed E-state index contributed by atoms with van der Waals surface area (Å²) < 4.78 is 1.57. The van der Waals surface area contributed by atoms with E-state index in [9.17, 15) is 9.59 Å². The third-order valence-electron chi connectivity index (χ3n) is 5.74. The molecule has 7 heteroatoms. The molecule has 1 aromatic rings. The highest BCUT2D eigenvalue weighted by Crippen LogP contribution is 2.19. The lowest BCUT2D eigenvalue weighted by atomic mass is 9.95. The second-order valence-electron chi connectivity index (χ2n) is 7.87. The van der Waals surface area contributed by atoms with E-state index in [1.165, 1.54) is 19.3 Å². The summed E-state index contributed by atoms with van der Waals surface area (Å²) in [6.45, 7) is 5.91. The molecule has 2 amide bonds. The number of nitrogens with zero attached hydrogens (tertiary/aromatic N) is 3. The van der Waals surface area contributed by atoms with Gasteiger partial charge in [0.15, 0.2) is 0 Å². The Hall–Kier alpha value is -1.89. The van der Waals surface area contributed by atoms with Crippen molar-refractivity contribution >= 4 is 11.8 Å². The van der Waals surface area contributed by atoms with Crippen LogP contribution in [0.2, 0.25) is 0 Å². The average molecular weight is 376 g/mol. The van der Waals surface area contributed by atoms with Gasteiger partial charge in [-0.25, -0.2) is 0 Å². The Morgan fingerprint density at radius 3 is 2.59 bits per heavy atom. The highest BCUT2D eigenvalue weighted by molar-refractivity contribution is 5.93. The van der Waals surface area contributed by atoms with Crippen LogP contribution in [-0.2, 0) is 11.3 Å². The summed E-state index contributed by atoms with van der Waals surface area (Å²) >= 11 is 0. The van der Waals surface area contributed by atoms with Crippen molar-refractivity contribution in [3.05, 3.63) is 18.0 Å². The predicted octanol–water partition coefficient (Wildman–Crippen LogP) is 1.79. The van der Waals surface area contributed by atoms with Gasteiger partial charge in [0, 0.05) is 25.3 Å². The number of nitrogens with one attached hydrogen (secondary N) is 2. The smallest absolute Gasteiger partial charge is 0.257 e. The Labute approximate surface area is 161 Å². The van der Waals surface area contributed by atoms with Crippen LogP contribution in [0, 0.1) is 5.92 Å². The minimum Gasteiger partial charge on any atom is -0.352 e. The molecule has 2 heterocycles. The van der Waals surface area contributed by atoms with Crippen LogP contribution in [-0.4, -0.2) is 58.7 Å². The number of hydrogen-bond donors (Lipinski definition) is 2. The summed E-state index contributed by atoms with van der Waals surface area (Å²) in [7, 11) is 0. The molecule has 0 radical (unpaired) electrons. The quantitative estimate of drug-likeness (QED) is 0.762. The van der Waals surface area contributed by atoms with Gasteiger partial charge in [0.2, 0.25) is 5.91 Å². The van der Waals surface area contributed by atoms with Crippen molar-refractivity contribution in [1.82, 2.24) is 25.3 Å². The Kier molecular flexibility index (Phi) is 7.26. The van der Waals surface area contributed by atoms with Crippen molar-refractivity contribution in [2.45, 2.75) is 64.5 Å². The van der Waals surface area contributed by atoms with Crippen molar-refractivity contribution in [2.24, 2.45) is 5.92 Å². The largest absolute Gasteiger partial charge is 0.352 e. The minimum absolute atomic E-state index is 0.0202. The fourth-order valence-corrected chi connectivity index (χ4v) is 4.10. The Morgan fingerprint density at radius 1 is 1.15 bits per heavy atom. The molecule has 0 aromatic carbocycles. The first kappa shape index (κ1) is 19.9. The van der Waals surface area contributed by atoms with Gasteiger partial charge in [-0.2, -0.15) is 5.10 Å². The fraction of sp³-hybridized carbons (Fsp3) is 0.750. The van der Waals surface area contributed by atoms with Gasteiger partial charge in [-0.15, -0.1) is 0 Å². The second-order valence-corrected chi connectivity index (χ2v) is 7.87. The van der Waals surface area contributed by atoms with E-state index >= 15 is 0 Å². The molecular weight excluding hydrogens is 342 g/mol. The van der Waals surface area contributed by atoms with Gasteiger partial charge in [-0.05, 0) is 44.7 Å². The molecule has 7 nitrogen and oxygen atoms in total. The molecular formula is C20H33N5O2. The van der Waals surface area contributed by atoms with Crippen LogP contribution < -0.4 is 10.6 Å². The van der Waals surface area contributed by atoms with E-state index in [1.54, 1.807) is 17.1 Å². The maximum absolute atomic E-state index is 12.7. The molecule has 1 saturated carbocycles. The number of carbonyl (C=O) groups is 2. The molecule has 0 spiro atoms. The van der Waals surface area contributed by atoms with E-state index in [-0.39, 0.29) is 18.4 Å². The molecule has 27 heavy (non-hydrogen) atoms. The molecule has 2 fully saturated rings. The van der Waals surface area contributed by atoms with Crippen LogP contribution in [0.5, 0.6) is 0 Å². The van der Waals surface area contributed by atoms with Gasteiger partial charge in [-0.3, -0.25) is 14.3 Å². The third-order valence-corrected chi connectivity index (χ3v) is 5.74. The first-order chi connectivity index (χ1) is 13.2. The molecule has 0 bridgehead atoms. The average Bonchev–Trinajstić information content (AvgIpc) is 3.15. The van der Waals surface area contributed by atoms with E-state index in [0.29, 0.717) is 17.5 Å². The molecule has 1 aliphatic carbocycles. The zero-order chi connectivity index (χ0) is 19.1. The summed E-state index contributed by atoms with van der Waals surface area (Å²) in [6.07, 6.45) is 11.1. The molecule has 2 N–H and O–H groups in total. The predicted molar refractivity (Wildman–Crippen MR) is 104 cm³/mol. The molecule has 1 aromatic heterocycles. The van der Waals surface area contributed by atoms with Crippen molar-refractivity contribution in [3.63, 3.8) is 0 Å². The Balaban J connectivity index is 1.45. The standard InChI is InChI=1S/C20H33N5O2/c1-2-21-12-16-8-10-24(11-9-16)20(27)17-13-22-25(14-17)15-19(26)23-18-6-4-3-5-7-18/h13-14,16,18,21H,2-12,15H2,1H3,(H,23,26). The summed E-state index contributed by atoms with van der Waals surface area (Å²) in [6, 6.07) is 0.298. The Bertz CT molecular complexity index is 616. The summed E-state index contributed by atoms with van der Waals surface area (Å²) in [5, 5.41) is 10.7. The SMILES string of the molecule is CCNCC1CCN(C(=O)c2cnn(CC(=O)NC3CCCCC3)c2)CC1. The van der Waals surface area contributed by atoms with Crippen molar-refractivity contribution < 1.29 is 9.59 Å². The lowest BCUT2D eigenvalue weighted by molar-refractivity contribution is -0.122. The number of carbonyl (C=O) groups excluding carboxylic acids is 2. The first-order valence-corrected chi connectivity index (χ1v) is 10.5. The van der Waals surface area contributed by atoms with Gasteiger partial charge < -0.3 is 15.5 Å². The molecule has 1 saturated heterocycles. The van der Waals surface area contributed by atoms with E-state index < -0.39 is 0 Å². The van der Waals surface area contributed by atoms with Gasteiger partial charge in [0.25, 0.3) is 5.91 Å². The number of rotatable bonds is 7. The highest BCUT2D eigenvalue weighted by Gasteiger charge is 2.24. The van der Waals surface area contributed by atoms with Crippen LogP contribution >= 0.6 is 0 Å². The highest BCUT2D eigenvalue weighted by atomic mass is 16.2. The van der Waals surface area contributed by atoms with Gasteiger partial charge in [-0.1, -0.05) is 26.2 Å². The number of hydrogen-bond acceptors (Lipinski definition) is 4. The summed E-state index contributed by atoms with van der Waals surface area (Å²) in [4.78, 5) is 26.8. The Morgan fingerprint density at radius 2 is 1.89 bits per heavy atom. The van der Waals surface area contributed by atoms with Crippen molar-refractivity contribution in [3.8, 4) is 0 Å². The third kappa shape index (κ3) is 5.79.